The molecule has 0 atom stereocenters. The van der Waals surface area contributed by atoms with Crippen molar-refractivity contribution in [1.82, 2.24) is 9.13 Å². The summed E-state index contributed by atoms with van der Waals surface area (Å²) in [6.07, 6.45) is 0. The van der Waals surface area contributed by atoms with Crippen LogP contribution in [0.4, 0.5) is 0 Å². The van der Waals surface area contributed by atoms with Crippen molar-refractivity contribution in [2.75, 3.05) is 0 Å². The third kappa shape index (κ3) is 1.16. The summed E-state index contributed by atoms with van der Waals surface area (Å²) < 4.78 is 2.15. The van der Waals surface area contributed by atoms with Crippen molar-refractivity contribution in [2.24, 2.45) is 14.1 Å². The largest absolute Gasteiger partial charge is 0.331 e. The van der Waals surface area contributed by atoms with E-state index in [-0.39, 0.29) is 5.69 Å². The van der Waals surface area contributed by atoms with Crippen LogP contribution in [0.3, 0.4) is 0 Å². The van der Waals surface area contributed by atoms with Crippen LogP contribution >= 0.6 is 0 Å². The lowest BCUT2D eigenvalue weighted by Gasteiger charge is -2.05. The number of hydrogen-bond donors (Lipinski definition) is 0. The average Bonchev–Trinajstić information content (AvgIpc) is 2.13. The van der Waals surface area contributed by atoms with Gasteiger partial charge in [0.25, 0.3) is 5.56 Å². The summed E-state index contributed by atoms with van der Waals surface area (Å²) in [5.74, 6) is 0. The van der Waals surface area contributed by atoms with Gasteiger partial charge in [-0.3, -0.25) is 13.9 Å². The highest BCUT2D eigenvalue weighted by atomic mass is 16.2. The SMILES string of the molecule is Cc1c(C#N)n(C)c(=O)n(C)c1=O. The first-order valence-electron chi connectivity index (χ1n) is 3.67. The van der Waals surface area contributed by atoms with Crippen molar-refractivity contribution in [3.05, 3.63) is 32.1 Å². The van der Waals surface area contributed by atoms with Crippen molar-refractivity contribution in [1.29, 1.82) is 5.26 Å². The molecule has 5 heteroatoms. The molecule has 5 nitrogen and oxygen atoms in total. The fourth-order valence-electron chi connectivity index (χ4n) is 1.17. The van der Waals surface area contributed by atoms with Gasteiger partial charge in [0, 0.05) is 19.7 Å². The van der Waals surface area contributed by atoms with E-state index in [1.165, 1.54) is 21.0 Å². The molecule has 13 heavy (non-hydrogen) atoms. The van der Waals surface area contributed by atoms with E-state index in [1.54, 1.807) is 0 Å². The van der Waals surface area contributed by atoms with Gasteiger partial charge < -0.3 is 0 Å². The first kappa shape index (κ1) is 9.26. The van der Waals surface area contributed by atoms with E-state index in [1.807, 2.05) is 6.07 Å². The zero-order chi connectivity index (χ0) is 10.2. The molecule has 1 rings (SSSR count). The quantitative estimate of drug-likeness (QED) is 0.527. The molecule has 0 saturated carbocycles. The molecular formula is C8H9N3O2. The van der Waals surface area contributed by atoms with Crippen LogP contribution in [0.2, 0.25) is 0 Å². The van der Waals surface area contributed by atoms with Crippen molar-refractivity contribution in [2.45, 2.75) is 6.92 Å². The predicted molar refractivity (Wildman–Crippen MR) is 46.4 cm³/mol. The lowest BCUT2D eigenvalue weighted by molar-refractivity contribution is 0.669. The van der Waals surface area contributed by atoms with Gasteiger partial charge in [-0.05, 0) is 6.92 Å². The van der Waals surface area contributed by atoms with Gasteiger partial charge in [-0.15, -0.1) is 0 Å². The monoisotopic (exact) mass is 179 g/mol. The molecule has 0 aliphatic heterocycles. The van der Waals surface area contributed by atoms with Gasteiger partial charge in [0.05, 0.1) is 0 Å². The zero-order valence-corrected chi connectivity index (χ0v) is 7.66. The second-order valence-corrected chi connectivity index (χ2v) is 2.79. The van der Waals surface area contributed by atoms with Crippen LogP contribution in [0.1, 0.15) is 11.3 Å². The predicted octanol–water partition coefficient (Wildman–Crippen LogP) is -0.736. The molecule has 0 bridgehead atoms. The summed E-state index contributed by atoms with van der Waals surface area (Å²) in [7, 11) is 2.85. The molecule has 0 aliphatic carbocycles. The fourth-order valence-corrected chi connectivity index (χ4v) is 1.17. The van der Waals surface area contributed by atoms with Crippen LogP contribution in [0.25, 0.3) is 0 Å². The number of nitrogens with zero attached hydrogens (tertiary/aromatic N) is 3. The van der Waals surface area contributed by atoms with Crippen LogP contribution in [0.5, 0.6) is 0 Å². The van der Waals surface area contributed by atoms with E-state index in [9.17, 15) is 9.59 Å². The van der Waals surface area contributed by atoms with Gasteiger partial charge in [0.15, 0.2) is 0 Å². The Kier molecular flexibility index (Phi) is 2.07. The van der Waals surface area contributed by atoms with Crippen molar-refractivity contribution < 1.29 is 0 Å². The Morgan fingerprint density at radius 2 is 1.77 bits per heavy atom. The van der Waals surface area contributed by atoms with Crippen LogP contribution in [-0.2, 0) is 14.1 Å². The number of nitriles is 1. The fraction of sp³-hybridized carbons (Fsp3) is 0.375. The topological polar surface area (TPSA) is 67.8 Å². The summed E-state index contributed by atoms with van der Waals surface area (Å²) in [5.41, 5.74) is -0.480. The zero-order valence-electron chi connectivity index (χ0n) is 7.66. The Morgan fingerprint density at radius 3 is 2.23 bits per heavy atom. The summed E-state index contributed by atoms with van der Waals surface area (Å²) in [6.45, 7) is 1.53. The van der Waals surface area contributed by atoms with Gasteiger partial charge in [-0.1, -0.05) is 0 Å². The first-order valence-corrected chi connectivity index (χ1v) is 3.67. The highest BCUT2D eigenvalue weighted by Gasteiger charge is 2.10. The Bertz CT molecular complexity index is 465. The molecule has 1 heterocycles. The third-order valence-corrected chi connectivity index (χ3v) is 2.00. The van der Waals surface area contributed by atoms with Crippen LogP contribution in [0, 0.1) is 18.3 Å². The molecule has 1 aromatic rings. The summed E-state index contributed by atoms with van der Waals surface area (Å²) >= 11 is 0. The smallest absolute Gasteiger partial charge is 0.287 e. The minimum atomic E-state index is -0.479. The lowest BCUT2D eigenvalue weighted by atomic mass is 10.2. The average molecular weight is 179 g/mol. The molecule has 0 amide bonds. The Balaban J connectivity index is 3.92. The van der Waals surface area contributed by atoms with Gasteiger partial charge >= 0.3 is 5.69 Å². The Labute approximate surface area is 74.5 Å². The molecule has 0 aromatic carbocycles. The van der Waals surface area contributed by atoms with E-state index >= 15 is 0 Å². The lowest BCUT2D eigenvalue weighted by Crippen LogP contribution is -2.39. The van der Waals surface area contributed by atoms with E-state index in [2.05, 4.69) is 0 Å². The van der Waals surface area contributed by atoms with Gasteiger partial charge in [0.2, 0.25) is 0 Å². The Hall–Kier alpha value is -1.83. The van der Waals surface area contributed by atoms with E-state index in [4.69, 9.17) is 5.26 Å². The maximum Gasteiger partial charge on any atom is 0.331 e. The molecule has 68 valence electrons. The number of rotatable bonds is 0. The second-order valence-electron chi connectivity index (χ2n) is 2.79. The van der Waals surface area contributed by atoms with E-state index < -0.39 is 11.2 Å². The molecular weight excluding hydrogens is 170 g/mol. The van der Waals surface area contributed by atoms with Crippen molar-refractivity contribution in [3.8, 4) is 6.07 Å². The minimum absolute atomic E-state index is 0.119. The van der Waals surface area contributed by atoms with Crippen molar-refractivity contribution >= 4 is 0 Å². The van der Waals surface area contributed by atoms with Gasteiger partial charge in [-0.2, -0.15) is 5.26 Å². The molecule has 0 N–H and O–H groups in total. The normalized spacial score (nSPS) is 9.69. The summed E-state index contributed by atoms with van der Waals surface area (Å²) in [4.78, 5) is 22.6. The third-order valence-electron chi connectivity index (χ3n) is 2.00. The standard InChI is InChI=1S/C8H9N3O2/c1-5-6(4-9)10(2)8(13)11(3)7(5)12/h1-3H3. The highest BCUT2D eigenvalue weighted by Crippen LogP contribution is 1.94. The maximum absolute atomic E-state index is 11.3. The van der Waals surface area contributed by atoms with Crippen molar-refractivity contribution in [3.63, 3.8) is 0 Å². The molecule has 0 unspecified atom stereocenters. The van der Waals surface area contributed by atoms with E-state index in [0.29, 0.717) is 5.56 Å². The van der Waals surface area contributed by atoms with Gasteiger partial charge in [0.1, 0.15) is 11.8 Å². The Morgan fingerprint density at radius 1 is 1.23 bits per heavy atom. The van der Waals surface area contributed by atoms with Crippen LogP contribution < -0.4 is 11.2 Å². The molecule has 0 saturated heterocycles. The first-order chi connectivity index (χ1) is 6.00. The minimum Gasteiger partial charge on any atom is -0.287 e. The second kappa shape index (κ2) is 2.90. The number of aromatic nitrogens is 2. The maximum atomic E-state index is 11.3. The summed E-state index contributed by atoms with van der Waals surface area (Å²) in [6, 6.07) is 1.82. The summed E-state index contributed by atoms with van der Waals surface area (Å²) in [5, 5.41) is 8.68. The molecule has 0 aliphatic rings. The highest BCUT2D eigenvalue weighted by molar-refractivity contribution is 5.28. The van der Waals surface area contributed by atoms with Crippen LogP contribution in [-0.4, -0.2) is 9.13 Å². The number of hydrogen-bond acceptors (Lipinski definition) is 3. The van der Waals surface area contributed by atoms with E-state index in [0.717, 1.165) is 9.13 Å². The molecule has 0 spiro atoms. The molecule has 1 aromatic heterocycles. The van der Waals surface area contributed by atoms with Crippen LogP contribution in [0.15, 0.2) is 9.59 Å². The molecule has 0 fully saturated rings. The van der Waals surface area contributed by atoms with Gasteiger partial charge in [-0.25, -0.2) is 4.79 Å². The molecule has 0 radical (unpaired) electrons.